The van der Waals surface area contributed by atoms with Gasteiger partial charge in [0.1, 0.15) is 5.15 Å². The van der Waals surface area contributed by atoms with Crippen LogP contribution in [-0.4, -0.2) is 10.9 Å². The maximum absolute atomic E-state index is 12.0. The van der Waals surface area contributed by atoms with E-state index >= 15 is 0 Å². The van der Waals surface area contributed by atoms with Crippen LogP contribution in [0.2, 0.25) is 5.15 Å². The number of nitrogens with zero attached hydrogens (tertiary/aromatic N) is 1. The fraction of sp³-hybridized carbons (Fsp3) is 0.0769. The van der Waals surface area contributed by atoms with Crippen molar-refractivity contribution in [1.82, 2.24) is 4.98 Å². The number of nitrogens with one attached hydrogen (secondary N) is 1. The van der Waals surface area contributed by atoms with Crippen molar-refractivity contribution < 1.29 is 4.79 Å². The Labute approximate surface area is 118 Å². The van der Waals surface area contributed by atoms with Crippen LogP contribution in [0.3, 0.4) is 0 Å². The summed E-state index contributed by atoms with van der Waals surface area (Å²) in [4.78, 5) is 15.9. The molecule has 0 spiro atoms. The number of halogens is 2. The number of benzene rings is 1. The summed E-state index contributed by atoms with van der Waals surface area (Å²) in [5.74, 6) is -0.265. The summed E-state index contributed by atoms with van der Waals surface area (Å²) in [7, 11) is 0. The van der Waals surface area contributed by atoms with Crippen LogP contribution in [-0.2, 0) is 0 Å². The van der Waals surface area contributed by atoms with Gasteiger partial charge in [-0.3, -0.25) is 4.79 Å². The van der Waals surface area contributed by atoms with Gasteiger partial charge >= 0.3 is 0 Å². The molecule has 0 saturated heterocycles. The Morgan fingerprint density at radius 2 is 2.17 bits per heavy atom. The lowest BCUT2D eigenvalue weighted by molar-refractivity contribution is 0.102. The topological polar surface area (TPSA) is 42.0 Å². The van der Waals surface area contributed by atoms with Gasteiger partial charge in [0, 0.05) is 16.4 Å². The second-order valence-corrected chi connectivity index (χ2v) is 5.03. The van der Waals surface area contributed by atoms with Gasteiger partial charge in [-0.2, -0.15) is 0 Å². The van der Waals surface area contributed by atoms with Gasteiger partial charge in [0.2, 0.25) is 0 Å². The maximum atomic E-state index is 12.0. The number of amides is 1. The van der Waals surface area contributed by atoms with E-state index in [1.54, 1.807) is 18.3 Å². The molecule has 0 atom stereocenters. The van der Waals surface area contributed by atoms with Gasteiger partial charge < -0.3 is 5.32 Å². The quantitative estimate of drug-likeness (QED) is 0.846. The fourth-order valence-corrected chi connectivity index (χ4v) is 2.19. The monoisotopic (exact) mass is 324 g/mol. The molecule has 0 aliphatic rings. The normalized spacial score (nSPS) is 10.2. The molecule has 0 saturated carbocycles. The van der Waals surface area contributed by atoms with Crippen LogP contribution in [0, 0.1) is 6.92 Å². The minimum absolute atomic E-state index is 0.199. The number of carbonyl (C=O) groups is 1. The average Bonchev–Trinajstić information content (AvgIpc) is 2.33. The molecule has 1 heterocycles. The van der Waals surface area contributed by atoms with Crippen molar-refractivity contribution in [3.05, 3.63) is 57.3 Å². The lowest BCUT2D eigenvalue weighted by atomic mass is 10.2. The third-order valence-corrected chi connectivity index (χ3v) is 3.23. The van der Waals surface area contributed by atoms with E-state index in [4.69, 9.17) is 11.6 Å². The predicted molar refractivity (Wildman–Crippen MR) is 76.1 cm³/mol. The number of pyridine rings is 1. The predicted octanol–water partition coefficient (Wildman–Crippen LogP) is 4.06. The standard InChI is InChI=1S/C13H10BrClN2O/c1-8-7-9(14)4-5-11(8)17-13(18)10-3-2-6-16-12(10)15/h2-7H,1H3,(H,17,18). The van der Waals surface area contributed by atoms with Crippen LogP contribution in [0.5, 0.6) is 0 Å². The highest BCUT2D eigenvalue weighted by Crippen LogP contribution is 2.21. The molecule has 18 heavy (non-hydrogen) atoms. The van der Waals surface area contributed by atoms with Crippen molar-refractivity contribution in [1.29, 1.82) is 0 Å². The Balaban J connectivity index is 2.24. The van der Waals surface area contributed by atoms with Crippen LogP contribution < -0.4 is 5.32 Å². The first-order valence-corrected chi connectivity index (χ1v) is 6.43. The molecule has 3 nitrogen and oxygen atoms in total. The first-order valence-electron chi connectivity index (χ1n) is 5.26. The Kier molecular flexibility index (Phi) is 3.99. The largest absolute Gasteiger partial charge is 0.322 e. The summed E-state index contributed by atoms with van der Waals surface area (Å²) in [5, 5.41) is 3.01. The highest BCUT2D eigenvalue weighted by atomic mass is 79.9. The van der Waals surface area contributed by atoms with Crippen molar-refractivity contribution in [2.75, 3.05) is 5.32 Å². The van der Waals surface area contributed by atoms with Gasteiger partial charge in [-0.25, -0.2) is 4.98 Å². The van der Waals surface area contributed by atoms with E-state index < -0.39 is 0 Å². The summed E-state index contributed by atoms with van der Waals surface area (Å²) in [6.45, 7) is 1.92. The number of carbonyl (C=O) groups excluding carboxylic acids is 1. The van der Waals surface area contributed by atoms with E-state index in [2.05, 4.69) is 26.2 Å². The van der Waals surface area contributed by atoms with Crippen LogP contribution in [0.1, 0.15) is 15.9 Å². The number of anilines is 1. The Morgan fingerprint density at radius 3 is 2.83 bits per heavy atom. The molecule has 92 valence electrons. The maximum Gasteiger partial charge on any atom is 0.258 e. The molecule has 2 rings (SSSR count). The number of hydrogen-bond donors (Lipinski definition) is 1. The Hall–Kier alpha value is -1.39. The molecule has 1 N–H and O–H groups in total. The highest BCUT2D eigenvalue weighted by molar-refractivity contribution is 9.10. The molecule has 0 fully saturated rings. The second-order valence-electron chi connectivity index (χ2n) is 3.76. The molecule has 0 aliphatic heterocycles. The molecular weight excluding hydrogens is 316 g/mol. The molecule has 0 unspecified atom stereocenters. The average molecular weight is 326 g/mol. The smallest absolute Gasteiger partial charge is 0.258 e. The number of hydrogen-bond acceptors (Lipinski definition) is 2. The first kappa shape index (κ1) is 13.1. The number of rotatable bonds is 2. The van der Waals surface area contributed by atoms with Crippen molar-refractivity contribution >= 4 is 39.1 Å². The Morgan fingerprint density at radius 1 is 1.39 bits per heavy atom. The molecule has 0 bridgehead atoms. The van der Waals surface area contributed by atoms with Crippen LogP contribution in [0.4, 0.5) is 5.69 Å². The molecule has 1 aromatic heterocycles. The molecule has 5 heteroatoms. The molecular formula is C13H10BrClN2O. The second kappa shape index (κ2) is 5.50. The summed E-state index contributed by atoms with van der Waals surface area (Å²) < 4.78 is 0.970. The molecule has 1 amide bonds. The first-order chi connectivity index (χ1) is 8.58. The van der Waals surface area contributed by atoms with Gasteiger partial charge in [0.05, 0.1) is 5.56 Å². The van der Waals surface area contributed by atoms with Gasteiger partial charge in [-0.05, 0) is 42.8 Å². The highest BCUT2D eigenvalue weighted by Gasteiger charge is 2.11. The van der Waals surface area contributed by atoms with Crippen molar-refractivity contribution in [2.24, 2.45) is 0 Å². The van der Waals surface area contributed by atoms with Crippen molar-refractivity contribution in [3.63, 3.8) is 0 Å². The van der Waals surface area contributed by atoms with Crippen LogP contribution in [0.15, 0.2) is 41.0 Å². The summed E-state index contributed by atoms with van der Waals surface area (Å²) in [6.07, 6.45) is 1.55. The number of aromatic nitrogens is 1. The molecule has 2 aromatic rings. The molecule has 1 aromatic carbocycles. The van der Waals surface area contributed by atoms with E-state index in [0.29, 0.717) is 5.56 Å². The molecule has 0 aliphatic carbocycles. The van der Waals surface area contributed by atoms with Gasteiger partial charge in [0.25, 0.3) is 5.91 Å². The minimum atomic E-state index is -0.265. The van der Waals surface area contributed by atoms with Crippen LogP contribution in [0.25, 0.3) is 0 Å². The lowest BCUT2D eigenvalue weighted by Gasteiger charge is -2.09. The third-order valence-electron chi connectivity index (χ3n) is 2.44. The van der Waals surface area contributed by atoms with Crippen LogP contribution >= 0.6 is 27.5 Å². The van der Waals surface area contributed by atoms with Crippen molar-refractivity contribution in [3.8, 4) is 0 Å². The molecule has 0 radical (unpaired) electrons. The van der Waals surface area contributed by atoms with Gasteiger partial charge in [-0.15, -0.1) is 0 Å². The van der Waals surface area contributed by atoms with E-state index in [1.165, 1.54) is 0 Å². The summed E-state index contributed by atoms with van der Waals surface area (Å²) in [5.41, 5.74) is 2.09. The summed E-state index contributed by atoms with van der Waals surface area (Å²) >= 11 is 9.25. The fourth-order valence-electron chi connectivity index (χ4n) is 1.51. The summed E-state index contributed by atoms with van der Waals surface area (Å²) in [6, 6.07) is 8.95. The zero-order chi connectivity index (χ0) is 13.1. The Bertz CT molecular complexity index is 601. The van der Waals surface area contributed by atoms with E-state index in [-0.39, 0.29) is 11.1 Å². The lowest BCUT2D eigenvalue weighted by Crippen LogP contribution is -2.13. The van der Waals surface area contributed by atoms with Gasteiger partial charge in [0.15, 0.2) is 0 Å². The van der Waals surface area contributed by atoms with E-state index in [9.17, 15) is 4.79 Å². The third kappa shape index (κ3) is 2.89. The number of aryl methyl sites for hydroxylation is 1. The SMILES string of the molecule is Cc1cc(Br)ccc1NC(=O)c1cccnc1Cl. The zero-order valence-electron chi connectivity index (χ0n) is 9.58. The van der Waals surface area contributed by atoms with E-state index in [1.807, 2.05) is 25.1 Å². The zero-order valence-corrected chi connectivity index (χ0v) is 11.9. The van der Waals surface area contributed by atoms with Crippen molar-refractivity contribution in [2.45, 2.75) is 6.92 Å². The minimum Gasteiger partial charge on any atom is -0.322 e. The van der Waals surface area contributed by atoms with Gasteiger partial charge in [-0.1, -0.05) is 27.5 Å². The van der Waals surface area contributed by atoms with E-state index in [0.717, 1.165) is 15.7 Å².